The van der Waals surface area contributed by atoms with E-state index in [9.17, 15) is 18.0 Å². The van der Waals surface area contributed by atoms with Crippen LogP contribution in [-0.2, 0) is 32.6 Å². The van der Waals surface area contributed by atoms with E-state index in [1.54, 1.807) is 54.6 Å². The van der Waals surface area contributed by atoms with Gasteiger partial charge in [-0.1, -0.05) is 90.0 Å². The Bertz CT molecular complexity index is 1710. The molecule has 4 aromatic carbocycles. The SMILES string of the molecule is CCNC(=O)[C@H](Cc1ccccc1)N(Cc1ccccc1Cl)C(=O)CN(c1cccc(C)c1C)S(=O)(=O)c1ccc(C)cc1. The van der Waals surface area contributed by atoms with Crippen LogP contribution in [0.4, 0.5) is 5.69 Å². The largest absolute Gasteiger partial charge is 0.355 e. The molecule has 0 fully saturated rings. The summed E-state index contributed by atoms with van der Waals surface area (Å²) >= 11 is 6.54. The molecule has 0 unspecified atom stereocenters. The van der Waals surface area contributed by atoms with Crippen molar-refractivity contribution >= 4 is 39.1 Å². The van der Waals surface area contributed by atoms with Crippen molar-refractivity contribution in [3.8, 4) is 0 Å². The first-order valence-electron chi connectivity index (χ1n) is 14.5. The van der Waals surface area contributed by atoms with Crippen molar-refractivity contribution in [2.45, 2.75) is 51.6 Å². The fraction of sp³-hybridized carbons (Fsp3) is 0.257. The van der Waals surface area contributed by atoms with Crippen LogP contribution in [0.2, 0.25) is 5.02 Å². The summed E-state index contributed by atoms with van der Waals surface area (Å²) < 4.78 is 29.6. The van der Waals surface area contributed by atoms with Crippen LogP contribution in [-0.4, -0.2) is 44.3 Å². The van der Waals surface area contributed by atoms with Gasteiger partial charge in [0.05, 0.1) is 10.6 Å². The molecule has 0 aliphatic rings. The Balaban J connectivity index is 1.84. The number of sulfonamides is 1. The van der Waals surface area contributed by atoms with Gasteiger partial charge in [-0.05, 0) is 74.2 Å². The Morgan fingerprint density at radius 3 is 2.16 bits per heavy atom. The maximum absolute atomic E-state index is 14.5. The van der Waals surface area contributed by atoms with Crippen LogP contribution in [0, 0.1) is 20.8 Å². The number of hydrogen-bond donors (Lipinski definition) is 1. The molecule has 9 heteroatoms. The maximum atomic E-state index is 14.5. The number of likely N-dealkylation sites (N-methyl/N-ethyl adjacent to an activating group) is 1. The van der Waals surface area contributed by atoms with Crippen molar-refractivity contribution in [2.24, 2.45) is 0 Å². The number of nitrogens with zero attached hydrogens (tertiary/aromatic N) is 2. The Hall–Kier alpha value is -4.14. The number of hydrogen-bond acceptors (Lipinski definition) is 4. The summed E-state index contributed by atoms with van der Waals surface area (Å²) in [6, 6.07) is 27.5. The lowest BCUT2D eigenvalue weighted by Gasteiger charge is -2.34. The Labute approximate surface area is 265 Å². The number of amides is 2. The molecule has 7 nitrogen and oxygen atoms in total. The molecule has 1 atom stereocenters. The summed E-state index contributed by atoms with van der Waals surface area (Å²) in [5, 5.41) is 3.31. The molecule has 0 spiro atoms. The Morgan fingerprint density at radius 1 is 0.841 bits per heavy atom. The van der Waals surface area contributed by atoms with E-state index >= 15 is 0 Å². The zero-order valence-electron chi connectivity index (χ0n) is 25.5. The van der Waals surface area contributed by atoms with Gasteiger partial charge in [0.25, 0.3) is 10.0 Å². The smallest absolute Gasteiger partial charge is 0.264 e. The number of carbonyl (C=O) groups excluding carboxylic acids is 2. The standard InChI is InChI=1S/C35H38ClN3O4S/c1-5-37-35(41)33(22-28-13-7-6-8-14-28)38(23-29-15-9-10-16-31(29)36)34(40)24-39(32-17-11-12-26(3)27(32)4)44(42,43)30-20-18-25(2)19-21-30/h6-21,33H,5,22-24H2,1-4H3,(H,37,41)/t33-/m0/s1. The van der Waals surface area contributed by atoms with Crippen molar-refractivity contribution in [1.82, 2.24) is 10.2 Å². The van der Waals surface area contributed by atoms with E-state index in [4.69, 9.17) is 11.6 Å². The van der Waals surface area contributed by atoms with Gasteiger partial charge in [0.1, 0.15) is 12.6 Å². The first-order valence-corrected chi connectivity index (χ1v) is 16.3. The van der Waals surface area contributed by atoms with E-state index < -0.39 is 28.5 Å². The molecule has 0 saturated heterocycles. The second-order valence-corrected chi connectivity index (χ2v) is 13.0. The third-order valence-electron chi connectivity index (χ3n) is 7.65. The van der Waals surface area contributed by atoms with Gasteiger partial charge in [-0.2, -0.15) is 0 Å². The molecular weight excluding hydrogens is 594 g/mol. The van der Waals surface area contributed by atoms with Crippen LogP contribution >= 0.6 is 11.6 Å². The lowest BCUT2D eigenvalue weighted by molar-refractivity contribution is -0.140. The maximum Gasteiger partial charge on any atom is 0.264 e. The van der Waals surface area contributed by atoms with Gasteiger partial charge in [0.2, 0.25) is 11.8 Å². The van der Waals surface area contributed by atoms with E-state index in [1.165, 1.54) is 4.90 Å². The quantitative estimate of drug-likeness (QED) is 0.201. The van der Waals surface area contributed by atoms with E-state index in [0.717, 1.165) is 26.6 Å². The second-order valence-electron chi connectivity index (χ2n) is 10.8. The summed E-state index contributed by atoms with van der Waals surface area (Å²) in [6.07, 6.45) is 0.233. The lowest BCUT2D eigenvalue weighted by atomic mass is 10.0. The molecule has 0 aliphatic carbocycles. The van der Waals surface area contributed by atoms with Gasteiger partial charge in [-0.15, -0.1) is 0 Å². The highest BCUT2D eigenvalue weighted by Crippen LogP contribution is 2.30. The highest BCUT2D eigenvalue weighted by Gasteiger charge is 2.35. The van der Waals surface area contributed by atoms with E-state index in [-0.39, 0.29) is 23.8 Å². The van der Waals surface area contributed by atoms with Crippen molar-refractivity contribution in [1.29, 1.82) is 0 Å². The van der Waals surface area contributed by atoms with Crippen LogP contribution in [0.3, 0.4) is 0 Å². The van der Waals surface area contributed by atoms with Crippen LogP contribution < -0.4 is 9.62 Å². The van der Waals surface area contributed by atoms with Crippen molar-refractivity contribution < 1.29 is 18.0 Å². The summed E-state index contributed by atoms with van der Waals surface area (Å²) in [7, 11) is -4.18. The summed E-state index contributed by atoms with van der Waals surface area (Å²) in [5.41, 5.74) is 4.43. The third kappa shape index (κ3) is 7.68. The molecule has 4 aromatic rings. The van der Waals surface area contributed by atoms with Gasteiger partial charge < -0.3 is 10.2 Å². The van der Waals surface area contributed by atoms with Gasteiger partial charge in [0, 0.05) is 24.5 Å². The number of benzene rings is 4. The Kier molecular flexibility index (Phi) is 10.8. The molecule has 44 heavy (non-hydrogen) atoms. The zero-order chi connectivity index (χ0) is 31.9. The molecule has 4 rings (SSSR count). The van der Waals surface area contributed by atoms with Gasteiger partial charge >= 0.3 is 0 Å². The summed E-state index contributed by atoms with van der Waals surface area (Å²) in [5.74, 6) is -0.870. The van der Waals surface area contributed by atoms with Crippen LogP contribution in [0.25, 0.3) is 0 Å². The molecule has 230 valence electrons. The number of rotatable bonds is 12. The Morgan fingerprint density at radius 2 is 1.50 bits per heavy atom. The summed E-state index contributed by atoms with van der Waals surface area (Å²) in [4.78, 5) is 29.6. The highest BCUT2D eigenvalue weighted by molar-refractivity contribution is 7.92. The van der Waals surface area contributed by atoms with Gasteiger partial charge in [-0.25, -0.2) is 8.42 Å². The number of anilines is 1. The average Bonchev–Trinajstić information content (AvgIpc) is 3.01. The molecule has 0 heterocycles. The van der Waals surface area contributed by atoms with Crippen LogP contribution in [0.5, 0.6) is 0 Å². The topological polar surface area (TPSA) is 86.8 Å². The fourth-order valence-electron chi connectivity index (χ4n) is 5.01. The van der Waals surface area contributed by atoms with E-state index in [1.807, 2.05) is 70.2 Å². The van der Waals surface area contributed by atoms with Crippen molar-refractivity contribution in [3.05, 3.63) is 130 Å². The average molecular weight is 632 g/mol. The molecule has 2 amide bonds. The van der Waals surface area contributed by atoms with E-state index in [2.05, 4.69) is 5.32 Å². The molecule has 0 aliphatic heterocycles. The minimum atomic E-state index is -4.18. The van der Waals surface area contributed by atoms with E-state index in [0.29, 0.717) is 22.8 Å². The van der Waals surface area contributed by atoms with Crippen molar-refractivity contribution in [3.63, 3.8) is 0 Å². The normalized spacial score (nSPS) is 11.9. The monoisotopic (exact) mass is 631 g/mol. The molecular formula is C35H38ClN3O4S. The lowest BCUT2D eigenvalue weighted by Crippen LogP contribution is -2.53. The predicted molar refractivity (Wildman–Crippen MR) is 176 cm³/mol. The zero-order valence-corrected chi connectivity index (χ0v) is 27.0. The second kappa shape index (κ2) is 14.6. The number of aryl methyl sites for hydroxylation is 2. The minimum absolute atomic E-state index is 0.0123. The first kappa shape index (κ1) is 32.8. The number of nitrogens with one attached hydrogen (secondary N) is 1. The molecule has 0 aromatic heterocycles. The van der Waals surface area contributed by atoms with Gasteiger partial charge in [-0.3, -0.25) is 13.9 Å². The molecule has 0 bridgehead atoms. The number of halogens is 1. The van der Waals surface area contributed by atoms with Gasteiger partial charge in [0.15, 0.2) is 0 Å². The number of carbonyl (C=O) groups is 2. The molecule has 1 N–H and O–H groups in total. The summed E-state index contributed by atoms with van der Waals surface area (Å²) in [6.45, 7) is 7.28. The molecule has 0 saturated carbocycles. The van der Waals surface area contributed by atoms with Crippen molar-refractivity contribution in [2.75, 3.05) is 17.4 Å². The fourth-order valence-corrected chi connectivity index (χ4v) is 6.68. The van der Waals surface area contributed by atoms with Crippen LogP contribution in [0.1, 0.15) is 34.7 Å². The predicted octanol–water partition coefficient (Wildman–Crippen LogP) is 6.24. The third-order valence-corrected chi connectivity index (χ3v) is 9.80. The first-order chi connectivity index (χ1) is 21.0. The highest BCUT2D eigenvalue weighted by atomic mass is 35.5. The minimum Gasteiger partial charge on any atom is -0.355 e. The van der Waals surface area contributed by atoms with Crippen LogP contribution in [0.15, 0.2) is 102 Å². The molecule has 0 radical (unpaired) electrons.